The van der Waals surface area contributed by atoms with E-state index in [1.54, 1.807) is 44.4 Å². The van der Waals surface area contributed by atoms with E-state index in [4.69, 9.17) is 4.74 Å². The average Bonchev–Trinajstić information content (AvgIpc) is 2.61. The first-order chi connectivity index (χ1) is 12.0. The predicted octanol–water partition coefficient (Wildman–Crippen LogP) is 2.44. The molecule has 0 aliphatic rings. The van der Waals surface area contributed by atoms with E-state index in [0.29, 0.717) is 17.7 Å². The zero-order chi connectivity index (χ0) is 18.2. The molecule has 0 heterocycles. The fourth-order valence-electron chi connectivity index (χ4n) is 2.26. The van der Waals surface area contributed by atoms with Crippen LogP contribution in [0.5, 0.6) is 0 Å². The van der Waals surface area contributed by atoms with Crippen molar-refractivity contribution in [1.29, 1.82) is 0 Å². The topological polar surface area (TPSA) is 67.4 Å². The quantitative estimate of drug-likeness (QED) is 0.758. The summed E-state index contributed by atoms with van der Waals surface area (Å²) in [6.07, 6.45) is 0. The number of aryl methyl sites for hydroxylation is 1. The summed E-state index contributed by atoms with van der Waals surface area (Å²) in [6, 6.07) is 11.4. The maximum atomic E-state index is 13.5. The van der Waals surface area contributed by atoms with Crippen molar-refractivity contribution in [3.63, 3.8) is 0 Å². The SMILES string of the molecule is COCc1cccc(C(=O)NCCNC(=O)c2ccc(C)c(F)c2)c1. The zero-order valence-electron chi connectivity index (χ0n) is 14.3. The zero-order valence-corrected chi connectivity index (χ0v) is 14.3. The lowest BCUT2D eigenvalue weighted by atomic mass is 10.1. The minimum atomic E-state index is -0.420. The first-order valence-corrected chi connectivity index (χ1v) is 7.91. The van der Waals surface area contributed by atoms with Gasteiger partial charge in [0, 0.05) is 31.3 Å². The van der Waals surface area contributed by atoms with Crippen molar-refractivity contribution in [3.8, 4) is 0 Å². The van der Waals surface area contributed by atoms with E-state index in [0.717, 1.165) is 5.56 Å². The van der Waals surface area contributed by atoms with Crippen LogP contribution in [0, 0.1) is 12.7 Å². The fourth-order valence-corrected chi connectivity index (χ4v) is 2.26. The third-order valence-electron chi connectivity index (χ3n) is 3.63. The molecular formula is C19H21FN2O3. The number of ether oxygens (including phenoxy) is 1. The van der Waals surface area contributed by atoms with Gasteiger partial charge in [-0.3, -0.25) is 9.59 Å². The van der Waals surface area contributed by atoms with Crippen LogP contribution in [-0.4, -0.2) is 32.0 Å². The Morgan fingerprint density at radius 3 is 2.24 bits per heavy atom. The number of benzene rings is 2. The number of hydrogen-bond donors (Lipinski definition) is 2. The van der Waals surface area contributed by atoms with Crippen molar-refractivity contribution >= 4 is 11.8 Å². The third kappa shape index (κ3) is 5.39. The number of carbonyl (C=O) groups excluding carboxylic acids is 2. The molecule has 0 aliphatic carbocycles. The summed E-state index contributed by atoms with van der Waals surface area (Å²) in [7, 11) is 1.59. The number of carbonyl (C=O) groups is 2. The molecule has 0 radical (unpaired) electrons. The molecule has 5 nitrogen and oxygen atoms in total. The second-order valence-corrected chi connectivity index (χ2v) is 5.61. The second-order valence-electron chi connectivity index (χ2n) is 5.61. The Hall–Kier alpha value is -2.73. The first kappa shape index (κ1) is 18.6. The van der Waals surface area contributed by atoms with Crippen molar-refractivity contribution in [2.75, 3.05) is 20.2 Å². The van der Waals surface area contributed by atoms with Gasteiger partial charge in [0.1, 0.15) is 5.82 Å². The van der Waals surface area contributed by atoms with E-state index in [2.05, 4.69) is 10.6 Å². The number of nitrogens with one attached hydrogen (secondary N) is 2. The molecule has 0 aliphatic heterocycles. The molecule has 0 fully saturated rings. The number of rotatable bonds is 7. The van der Waals surface area contributed by atoms with Crippen LogP contribution in [0.2, 0.25) is 0 Å². The summed E-state index contributed by atoms with van der Waals surface area (Å²) in [5, 5.41) is 5.37. The van der Waals surface area contributed by atoms with Gasteiger partial charge in [-0.05, 0) is 42.3 Å². The van der Waals surface area contributed by atoms with Crippen molar-refractivity contribution in [2.24, 2.45) is 0 Å². The van der Waals surface area contributed by atoms with Crippen LogP contribution in [0.15, 0.2) is 42.5 Å². The average molecular weight is 344 g/mol. The number of hydrogen-bond acceptors (Lipinski definition) is 3. The molecular weight excluding hydrogens is 323 g/mol. The van der Waals surface area contributed by atoms with Crippen LogP contribution in [0.25, 0.3) is 0 Å². The van der Waals surface area contributed by atoms with Crippen molar-refractivity contribution in [1.82, 2.24) is 10.6 Å². The Morgan fingerprint density at radius 1 is 1.00 bits per heavy atom. The molecule has 0 saturated heterocycles. The van der Waals surface area contributed by atoms with Crippen molar-refractivity contribution in [2.45, 2.75) is 13.5 Å². The van der Waals surface area contributed by atoms with E-state index >= 15 is 0 Å². The Kier molecular flexibility index (Phi) is 6.65. The van der Waals surface area contributed by atoms with Gasteiger partial charge in [-0.25, -0.2) is 4.39 Å². The van der Waals surface area contributed by atoms with E-state index in [1.165, 1.54) is 6.07 Å². The Bertz CT molecular complexity index is 762. The highest BCUT2D eigenvalue weighted by Gasteiger charge is 2.09. The molecule has 0 aromatic heterocycles. The van der Waals surface area contributed by atoms with Crippen LogP contribution in [-0.2, 0) is 11.3 Å². The van der Waals surface area contributed by atoms with Gasteiger partial charge in [0.05, 0.1) is 6.61 Å². The Morgan fingerprint density at radius 2 is 1.64 bits per heavy atom. The smallest absolute Gasteiger partial charge is 0.251 e. The van der Waals surface area contributed by atoms with Crippen LogP contribution in [0.4, 0.5) is 4.39 Å². The van der Waals surface area contributed by atoms with Gasteiger partial charge in [-0.2, -0.15) is 0 Å². The molecule has 6 heteroatoms. The summed E-state index contributed by atoms with van der Waals surface area (Å²) in [6.45, 7) is 2.59. The summed E-state index contributed by atoms with van der Waals surface area (Å²) in [5.74, 6) is -1.03. The van der Waals surface area contributed by atoms with Gasteiger partial charge in [-0.15, -0.1) is 0 Å². The molecule has 0 spiro atoms. The highest BCUT2D eigenvalue weighted by molar-refractivity contribution is 5.95. The monoisotopic (exact) mass is 344 g/mol. The van der Waals surface area contributed by atoms with E-state index < -0.39 is 5.82 Å². The second kappa shape index (κ2) is 8.94. The predicted molar refractivity (Wildman–Crippen MR) is 93.0 cm³/mol. The molecule has 0 bridgehead atoms. The molecule has 25 heavy (non-hydrogen) atoms. The highest BCUT2D eigenvalue weighted by Crippen LogP contribution is 2.09. The van der Waals surface area contributed by atoms with Gasteiger partial charge in [0.15, 0.2) is 0 Å². The Labute approximate surface area is 146 Å². The highest BCUT2D eigenvalue weighted by atomic mass is 19.1. The summed E-state index contributed by atoms with van der Waals surface area (Å²) in [5.41, 5.74) is 2.17. The van der Waals surface area contributed by atoms with Gasteiger partial charge in [0.25, 0.3) is 11.8 Å². The molecule has 0 atom stereocenters. The van der Waals surface area contributed by atoms with Gasteiger partial charge in [0.2, 0.25) is 0 Å². The molecule has 2 amide bonds. The first-order valence-electron chi connectivity index (χ1n) is 7.91. The lowest BCUT2D eigenvalue weighted by Gasteiger charge is -2.09. The maximum Gasteiger partial charge on any atom is 0.251 e. The van der Waals surface area contributed by atoms with Gasteiger partial charge >= 0.3 is 0 Å². The molecule has 132 valence electrons. The largest absolute Gasteiger partial charge is 0.380 e. The van der Waals surface area contributed by atoms with Crippen LogP contribution in [0.1, 0.15) is 31.8 Å². The lowest BCUT2D eigenvalue weighted by Crippen LogP contribution is -2.34. The van der Waals surface area contributed by atoms with Crippen LogP contribution in [0.3, 0.4) is 0 Å². The number of halogens is 1. The molecule has 0 unspecified atom stereocenters. The summed E-state index contributed by atoms with van der Waals surface area (Å²) < 4.78 is 18.5. The van der Waals surface area contributed by atoms with Crippen LogP contribution < -0.4 is 10.6 Å². The number of amides is 2. The molecule has 2 aromatic rings. The van der Waals surface area contributed by atoms with E-state index in [9.17, 15) is 14.0 Å². The minimum Gasteiger partial charge on any atom is -0.380 e. The molecule has 0 saturated carbocycles. The van der Waals surface area contributed by atoms with Crippen LogP contribution >= 0.6 is 0 Å². The maximum absolute atomic E-state index is 13.5. The standard InChI is InChI=1S/C19H21FN2O3/c1-13-6-7-16(11-17(13)20)19(24)22-9-8-21-18(23)15-5-3-4-14(10-15)12-25-2/h3-7,10-11H,8-9,12H2,1-2H3,(H,21,23)(H,22,24). The van der Waals surface area contributed by atoms with Gasteiger partial charge in [-0.1, -0.05) is 18.2 Å². The normalized spacial score (nSPS) is 10.4. The Balaban J connectivity index is 1.80. The van der Waals surface area contributed by atoms with Gasteiger partial charge < -0.3 is 15.4 Å². The van der Waals surface area contributed by atoms with Crippen molar-refractivity contribution < 1.29 is 18.7 Å². The molecule has 2 aromatic carbocycles. The molecule has 2 N–H and O–H groups in total. The lowest BCUT2D eigenvalue weighted by molar-refractivity contribution is 0.0927. The fraction of sp³-hybridized carbons (Fsp3) is 0.263. The molecule has 2 rings (SSSR count). The minimum absolute atomic E-state index is 0.228. The van der Waals surface area contributed by atoms with E-state index in [-0.39, 0.29) is 30.5 Å². The van der Waals surface area contributed by atoms with Crippen molar-refractivity contribution in [3.05, 3.63) is 70.5 Å². The van der Waals surface area contributed by atoms with E-state index in [1.807, 2.05) is 6.07 Å². The number of methoxy groups -OCH3 is 1. The summed E-state index contributed by atoms with van der Waals surface area (Å²) in [4.78, 5) is 24.0. The summed E-state index contributed by atoms with van der Waals surface area (Å²) >= 11 is 0. The third-order valence-corrected chi connectivity index (χ3v) is 3.63.